The van der Waals surface area contributed by atoms with Crippen LogP contribution in [0.2, 0.25) is 5.28 Å². The van der Waals surface area contributed by atoms with Gasteiger partial charge in [0, 0.05) is 39.9 Å². The van der Waals surface area contributed by atoms with Crippen molar-refractivity contribution in [2.45, 2.75) is 70.6 Å². The van der Waals surface area contributed by atoms with E-state index in [4.69, 9.17) is 55.9 Å². The third-order valence-electron chi connectivity index (χ3n) is 7.96. The minimum absolute atomic E-state index is 0.00605. The minimum Gasteiger partial charge on any atom is -0.463 e. The molecule has 1 amide bonds. The molecule has 0 bridgehead atoms. The molecular formula is C33H45ClN6O12. The number of esters is 3. The number of carbonyl (C=O) groups excluding carboxylic acids is 4. The molecule has 4 rings (SSSR count). The number of amides is 1. The summed E-state index contributed by atoms with van der Waals surface area (Å²) in [5.41, 5.74) is 0.257. The Bertz CT molecular complexity index is 1550. The van der Waals surface area contributed by atoms with Crippen LogP contribution in [0, 0.1) is 12.3 Å². The summed E-state index contributed by atoms with van der Waals surface area (Å²) in [6, 6.07) is -0.0348. The monoisotopic (exact) mass is 752 g/mol. The van der Waals surface area contributed by atoms with E-state index in [1.165, 1.54) is 31.6 Å². The third kappa shape index (κ3) is 12.2. The molecule has 1 N–H and O–H groups in total. The van der Waals surface area contributed by atoms with Gasteiger partial charge in [-0.3, -0.25) is 19.2 Å². The van der Waals surface area contributed by atoms with E-state index in [1.54, 1.807) is 0 Å². The van der Waals surface area contributed by atoms with Crippen LogP contribution >= 0.6 is 11.6 Å². The summed E-state index contributed by atoms with van der Waals surface area (Å²) in [6.07, 6.45) is 3.82. The molecule has 52 heavy (non-hydrogen) atoms. The summed E-state index contributed by atoms with van der Waals surface area (Å²) in [5, 5.41) is 8.27. The molecule has 0 aliphatic carbocycles. The van der Waals surface area contributed by atoms with Gasteiger partial charge in [-0.1, -0.05) is 5.92 Å². The number of anilines is 1. The second kappa shape index (κ2) is 20.8. The fraction of sp³-hybridized carbons (Fsp3) is 0.667. The van der Waals surface area contributed by atoms with Gasteiger partial charge >= 0.3 is 17.9 Å². The van der Waals surface area contributed by atoms with E-state index in [0.29, 0.717) is 83.4 Å². The van der Waals surface area contributed by atoms with Gasteiger partial charge in [0.2, 0.25) is 11.2 Å². The summed E-state index contributed by atoms with van der Waals surface area (Å²) < 4.78 is 45.1. The van der Waals surface area contributed by atoms with Crippen molar-refractivity contribution in [1.29, 1.82) is 0 Å². The number of likely N-dealkylation sites (tertiary alicyclic amines) is 1. The Morgan fingerprint density at radius 1 is 0.904 bits per heavy atom. The maximum absolute atomic E-state index is 12.8. The fourth-order valence-electron chi connectivity index (χ4n) is 5.66. The Hall–Kier alpha value is -4.12. The summed E-state index contributed by atoms with van der Waals surface area (Å²) in [6.45, 7) is 7.51. The molecule has 286 valence electrons. The first-order valence-corrected chi connectivity index (χ1v) is 17.3. The van der Waals surface area contributed by atoms with Crippen LogP contribution in [0.3, 0.4) is 0 Å². The first kappa shape index (κ1) is 40.6. The van der Waals surface area contributed by atoms with Crippen molar-refractivity contribution in [3.63, 3.8) is 0 Å². The summed E-state index contributed by atoms with van der Waals surface area (Å²) in [7, 11) is 0. The Kier molecular flexibility index (Phi) is 16.3. The molecule has 2 saturated heterocycles. The lowest BCUT2D eigenvalue weighted by Crippen LogP contribution is -2.42. The molecule has 0 saturated carbocycles. The van der Waals surface area contributed by atoms with E-state index >= 15 is 0 Å². The number of hydrogen-bond donors (Lipinski definition) is 1. The Labute approximate surface area is 306 Å². The van der Waals surface area contributed by atoms with Gasteiger partial charge in [-0.15, -0.1) is 6.42 Å². The Morgan fingerprint density at radius 3 is 2.13 bits per heavy atom. The quantitative estimate of drug-likeness (QED) is 0.0666. The van der Waals surface area contributed by atoms with Crippen LogP contribution in [-0.4, -0.2) is 145 Å². The van der Waals surface area contributed by atoms with Crippen molar-refractivity contribution in [3.05, 3.63) is 11.5 Å². The molecule has 2 aliphatic heterocycles. The van der Waals surface area contributed by atoms with Crippen molar-refractivity contribution < 1.29 is 57.1 Å². The number of nitrogens with zero attached hydrogens (tertiary/aromatic N) is 5. The maximum atomic E-state index is 12.8. The number of aromatic nitrogens is 4. The topological polar surface area (TPSA) is 201 Å². The van der Waals surface area contributed by atoms with Crippen LogP contribution < -0.4 is 5.32 Å². The molecule has 4 atom stereocenters. The number of halogens is 1. The highest BCUT2D eigenvalue weighted by Gasteiger charge is 2.51. The second-order valence-corrected chi connectivity index (χ2v) is 12.2. The first-order valence-electron chi connectivity index (χ1n) is 16.9. The largest absolute Gasteiger partial charge is 0.463 e. The number of terminal acetylenes is 1. The van der Waals surface area contributed by atoms with Gasteiger partial charge in [-0.2, -0.15) is 15.1 Å². The molecule has 0 spiro atoms. The van der Waals surface area contributed by atoms with Gasteiger partial charge in [0.05, 0.1) is 64.3 Å². The number of ether oxygens (including phenoxy) is 8. The van der Waals surface area contributed by atoms with Crippen molar-refractivity contribution >= 4 is 52.3 Å². The summed E-state index contributed by atoms with van der Waals surface area (Å²) in [5.74, 6) is 0.925. The van der Waals surface area contributed by atoms with E-state index in [2.05, 4.69) is 26.3 Å². The molecule has 2 aromatic rings. The van der Waals surface area contributed by atoms with Gasteiger partial charge < -0.3 is 48.1 Å². The molecule has 2 aliphatic rings. The standard InChI is InChI=1S/C33H45ClN6O12/c1-5-11-45-13-15-47-17-18-48-16-14-46-12-8-27(44)39-9-6-24(7-10-39)36-30-25-19-35-40(31(25)38-33(34)37-30)32-29(51-23(4)43)28(50-22(3)42)26(52-32)20-49-21(2)41/h1,19,24,26,28-29,32H,6-18,20H2,2-4H3,(H,36,37,38)/t26-,28-,29-,32-/m1/s1. The molecule has 0 radical (unpaired) electrons. The maximum Gasteiger partial charge on any atom is 0.303 e. The first-order chi connectivity index (χ1) is 25.1. The van der Waals surface area contributed by atoms with E-state index in [-0.39, 0.29) is 42.5 Å². The number of rotatable bonds is 20. The van der Waals surface area contributed by atoms with Gasteiger partial charge in [0.15, 0.2) is 24.1 Å². The highest BCUT2D eigenvalue weighted by atomic mass is 35.5. The van der Waals surface area contributed by atoms with E-state index in [9.17, 15) is 19.2 Å². The van der Waals surface area contributed by atoms with Crippen molar-refractivity contribution in [2.24, 2.45) is 0 Å². The smallest absolute Gasteiger partial charge is 0.303 e. The molecule has 4 heterocycles. The second-order valence-electron chi connectivity index (χ2n) is 11.8. The summed E-state index contributed by atoms with van der Waals surface area (Å²) >= 11 is 6.36. The van der Waals surface area contributed by atoms with Crippen LogP contribution in [-0.2, 0) is 57.1 Å². The molecule has 0 aromatic carbocycles. The van der Waals surface area contributed by atoms with E-state index in [0.717, 1.165) is 0 Å². The van der Waals surface area contributed by atoms with Gasteiger partial charge in [-0.05, 0) is 24.4 Å². The predicted octanol–water partition coefficient (Wildman–Crippen LogP) is 1.30. The molecule has 2 fully saturated rings. The van der Waals surface area contributed by atoms with Crippen LogP contribution in [0.4, 0.5) is 5.82 Å². The van der Waals surface area contributed by atoms with Crippen molar-refractivity contribution in [2.75, 3.05) is 77.9 Å². The molecule has 0 unspecified atom stereocenters. The fourth-order valence-corrected chi connectivity index (χ4v) is 5.82. The molecule has 2 aromatic heterocycles. The molecular weight excluding hydrogens is 708 g/mol. The molecule has 19 heteroatoms. The number of piperidine rings is 1. The lowest BCUT2D eigenvalue weighted by atomic mass is 10.0. The zero-order chi connectivity index (χ0) is 37.5. The normalized spacial score (nSPS) is 20.4. The van der Waals surface area contributed by atoms with Crippen LogP contribution in [0.15, 0.2) is 6.20 Å². The van der Waals surface area contributed by atoms with Crippen LogP contribution in [0.5, 0.6) is 0 Å². The van der Waals surface area contributed by atoms with Crippen LogP contribution in [0.25, 0.3) is 11.0 Å². The van der Waals surface area contributed by atoms with Crippen molar-refractivity contribution in [1.82, 2.24) is 24.6 Å². The average molecular weight is 753 g/mol. The number of carbonyl (C=O) groups is 4. The van der Waals surface area contributed by atoms with E-state index < -0.39 is 42.4 Å². The Morgan fingerprint density at radius 2 is 1.52 bits per heavy atom. The average Bonchev–Trinajstić information content (AvgIpc) is 3.66. The highest BCUT2D eigenvalue weighted by molar-refractivity contribution is 6.28. The van der Waals surface area contributed by atoms with Crippen LogP contribution in [0.1, 0.15) is 46.3 Å². The zero-order valence-electron chi connectivity index (χ0n) is 29.5. The van der Waals surface area contributed by atoms with Gasteiger partial charge in [0.25, 0.3) is 0 Å². The third-order valence-corrected chi connectivity index (χ3v) is 8.13. The molecule has 18 nitrogen and oxygen atoms in total. The minimum atomic E-state index is -1.16. The van der Waals surface area contributed by atoms with E-state index in [1.807, 2.05) is 4.90 Å². The Balaban J connectivity index is 1.27. The SMILES string of the molecule is C#CCOCCOCCOCCOCCC(=O)N1CCC(Nc2nc(Cl)nc3c2cnn3[C@@H]2O[C@H](COC(C)=O)[C@@H](OC(C)=O)[C@H]2OC(C)=O)CC1. The number of hydrogen-bond acceptors (Lipinski definition) is 16. The number of fused-ring (bicyclic) bond motifs is 1. The lowest BCUT2D eigenvalue weighted by molar-refractivity contribution is -0.166. The lowest BCUT2D eigenvalue weighted by Gasteiger charge is -2.32. The summed E-state index contributed by atoms with van der Waals surface area (Å²) in [4.78, 5) is 58.9. The van der Waals surface area contributed by atoms with Gasteiger partial charge in [0.1, 0.15) is 25.1 Å². The van der Waals surface area contributed by atoms with Gasteiger partial charge in [-0.25, -0.2) is 4.68 Å². The predicted molar refractivity (Wildman–Crippen MR) is 182 cm³/mol. The highest BCUT2D eigenvalue weighted by Crippen LogP contribution is 2.37. The zero-order valence-corrected chi connectivity index (χ0v) is 30.2. The van der Waals surface area contributed by atoms with Crippen molar-refractivity contribution in [3.8, 4) is 12.3 Å². The number of nitrogens with one attached hydrogen (secondary N) is 1.